The minimum absolute atomic E-state index is 0.336. The van der Waals surface area contributed by atoms with Crippen molar-refractivity contribution < 1.29 is 14.6 Å². The Morgan fingerprint density at radius 1 is 1.23 bits per heavy atom. The van der Waals surface area contributed by atoms with Gasteiger partial charge < -0.3 is 25.2 Å². The van der Waals surface area contributed by atoms with Gasteiger partial charge in [0.25, 0.3) is 0 Å². The lowest BCUT2D eigenvalue weighted by molar-refractivity contribution is 0.184. The van der Waals surface area contributed by atoms with E-state index in [1.807, 2.05) is 31.2 Å². The van der Waals surface area contributed by atoms with Crippen molar-refractivity contribution in [1.29, 1.82) is 0 Å². The third-order valence-corrected chi connectivity index (χ3v) is 4.96. The summed E-state index contributed by atoms with van der Waals surface area (Å²) < 4.78 is 11.3. The molecular weight excluding hydrogens is 374 g/mol. The van der Waals surface area contributed by atoms with Gasteiger partial charge in [0.05, 0.1) is 25.1 Å². The van der Waals surface area contributed by atoms with Gasteiger partial charge in [-0.15, -0.1) is 11.3 Å². The molecule has 1 aromatic carbocycles. The van der Waals surface area contributed by atoms with Gasteiger partial charge in [-0.1, -0.05) is 11.6 Å². The van der Waals surface area contributed by atoms with Crippen molar-refractivity contribution in [3.8, 4) is 11.5 Å². The normalized spacial score (nSPS) is 12.6. The van der Waals surface area contributed by atoms with Crippen molar-refractivity contribution in [1.82, 2.24) is 10.6 Å². The minimum atomic E-state index is -0.646. The quantitative estimate of drug-likeness (QED) is 0.471. The van der Waals surface area contributed by atoms with E-state index in [-0.39, 0.29) is 0 Å². The van der Waals surface area contributed by atoms with Crippen molar-refractivity contribution in [2.75, 3.05) is 27.3 Å². The van der Waals surface area contributed by atoms with Crippen LogP contribution in [-0.2, 0) is 6.54 Å². The largest absolute Gasteiger partial charge is 0.497 e. The molecule has 6 nitrogen and oxygen atoms in total. The van der Waals surface area contributed by atoms with Gasteiger partial charge in [0.2, 0.25) is 0 Å². The van der Waals surface area contributed by atoms with Crippen LogP contribution in [0.2, 0.25) is 4.34 Å². The summed E-state index contributed by atoms with van der Waals surface area (Å²) >= 11 is 7.28. The summed E-state index contributed by atoms with van der Waals surface area (Å²) in [5.74, 6) is 2.07. The fourth-order valence-corrected chi connectivity index (χ4v) is 3.34. The van der Waals surface area contributed by atoms with Gasteiger partial charge in [0.15, 0.2) is 5.96 Å². The summed E-state index contributed by atoms with van der Waals surface area (Å²) in [6.45, 7) is 3.47. The van der Waals surface area contributed by atoms with E-state index < -0.39 is 6.10 Å². The van der Waals surface area contributed by atoms with Crippen LogP contribution in [0, 0.1) is 0 Å². The molecule has 1 unspecified atom stereocenters. The van der Waals surface area contributed by atoms with Crippen LogP contribution in [-0.4, -0.2) is 38.4 Å². The predicted octanol–water partition coefficient (Wildman–Crippen LogP) is 3.21. The molecule has 1 heterocycles. The highest BCUT2D eigenvalue weighted by Crippen LogP contribution is 2.27. The zero-order valence-electron chi connectivity index (χ0n) is 15.1. The molecular formula is C18H24ClN3O3S. The Kier molecular flexibility index (Phi) is 8.03. The Hall–Kier alpha value is -1.96. The number of ether oxygens (including phenoxy) is 2. The van der Waals surface area contributed by atoms with Crippen molar-refractivity contribution in [2.45, 2.75) is 19.6 Å². The number of aliphatic hydroxyl groups is 1. The van der Waals surface area contributed by atoms with Crippen molar-refractivity contribution >= 4 is 28.9 Å². The number of rotatable bonds is 8. The van der Waals surface area contributed by atoms with Gasteiger partial charge >= 0.3 is 0 Å². The highest BCUT2D eigenvalue weighted by atomic mass is 35.5. The van der Waals surface area contributed by atoms with E-state index in [0.29, 0.717) is 29.9 Å². The molecule has 1 aromatic heterocycles. The molecule has 0 aliphatic carbocycles. The smallest absolute Gasteiger partial charge is 0.191 e. The summed E-state index contributed by atoms with van der Waals surface area (Å²) in [6, 6.07) is 9.23. The molecule has 0 aliphatic rings. The standard InChI is InChI=1S/C18H24ClN3O3S/c1-4-20-18(22-11-14(23)16-7-8-17(19)26-16)21-10-12-5-6-13(24-2)9-15(12)25-3/h5-9,14,23H,4,10-11H2,1-3H3,(H2,20,21,22). The Labute approximate surface area is 162 Å². The van der Waals surface area contributed by atoms with Crippen LogP contribution in [0.15, 0.2) is 35.3 Å². The molecule has 0 saturated carbocycles. The maximum absolute atomic E-state index is 10.2. The maximum Gasteiger partial charge on any atom is 0.191 e. The molecule has 0 aliphatic heterocycles. The van der Waals surface area contributed by atoms with Crippen molar-refractivity contribution in [3.05, 3.63) is 45.1 Å². The van der Waals surface area contributed by atoms with Gasteiger partial charge in [0, 0.05) is 29.6 Å². The van der Waals surface area contributed by atoms with Gasteiger partial charge in [0.1, 0.15) is 17.6 Å². The zero-order valence-corrected chi connectivity index (χ0v) is 16.7. The molecule has 0 amide bonds. The average molecular weight is 398 g/mol. The number of benzene rings is 1. The first-order valence-electron chi connectivity index (χ1n) is 8.23. The number of thiophene rings is 1. The molecule has 142 valence electrons. The number of hydrogen-bond donors (Lipinski definition) is 3. The first-order valence-corrected chi connectivity index (χ1v) is 9.43. The monoisotopic (exact) mass is 397 g/mol. The van der Waals surface area contributed by atoms with Gasteiger partial charge in [-0.3, -0.25) is 0 Å². The van der Waals surface area contributed by atoms with E-state index in [2.05, 4.69) is 15.6 Å². The predicted molar refractivity (Wildman–Crippen MR) is 107 cm³/mol. The molecule has 2 aromatic rings. The Balaban J connectivity index is 2.02. The third-order valence-electron chi connectivity index (χ3n) is 3.63. The average Bonchev–Trinajstić information content (AvgIpc) is 3.10. The fourth-order valence-electron chi connectivity index (χ4n) is 2.29. The zero-order chi connectivity index (χ0) is 18.9. The second-order valence-corrected chi connectivity index (χ2v) is 7.16. The number of hydrogen-bond acceptors (Lipinski definition) is 5. The highest BCUT2D eigenvalue weighted by Gasteiger charge is 2.11. The lowest BCUT2D eigenvalue weighted by Crippen LogP contribution is -2.39. The van der Waals surface area contributed by atoms with Crippen LogP contribution in [0.25, 0.3) is 0 Å². The van der Waals surface area contributed by atoms with Crippen molar-refractivity contribution in [2.24, 2.45) is 4.99 Å². The summed E-state index contributed by atoms with van der Waals surface area (Å²) in [6.07, 6.45) is -0.646. The van der Waals surface area contributed by atoms with Crippen molar-refractivity contribution in [3.63, 3.8) is 0 Å². The Morgan fingerprint density at radius 2 is 2.04 bits per heavy atom. The van der Waals surface area contributed by atoms with Gasteiger partial charge in [-0.05, 0) is 31.2 Å². The van der Waals surface area contributed by atoms with Crippen LogP contribution < -0.4 is 20.1 Å². The van der Waals surface area contributed by atoms with Gasteiger partial charge in [-0.25, -0.2) is 4.99 Å². The van der Waals surface area contributed by atoms with Crippen LogP contribution in [0.3, 0.4) is 0 Å². The summed E-state index contributed by atoms with van der Waals surface area (Å²) in [4.78, 5) is 5.37. The molecule has 8 heteroatoms. The number of halogens is 1. The van der Waals surface area contributed by atoms with Crippen LogP contribution >= 0.6 is 22.9 Å². The molecule has 0 fully saturated rings. The minimum Gasteiger partial charge on any atom is -0.497 e. The van der Waals surface area contributed by atoms with E-state index in [1.165, 1.54) is 11.3 Å². The van der Waals surface area contributed by atoms with E-state index in [4.69, 9.17) is 21.1 Å². The molecule has 1 atom stereocenters. The molecule has 0 bridgehead atoms. The topological polar surface area (TPSA) is 75.1 Å². The lowest BCUT2D eigenvalue weighted by atomic mass is 10.2. The summed E-state index contributed by atoms with van der Waals surface area (Å²) in [5.41, 5.74) is 0.941. The number of guanidine groups is 1. The molecule has 0 spiro atoms. The van der Waals surface area contributed by atoms with E-state index in [0.717, 1.165) is 21.9 Å². The van der Waals surface area contributed by atoms with Crippen LogP contribution in [0.1, 0.15) is 23.5 Å². The maximum atomic E-state index is 10.2. The Morgan fingerprint density at radius 3 is 2.65 bits per heavy atom. The first kappa shape index (κ1) is 20.4. The highest BCUT2D eigenvalue weighted by molar-refractivity contribution is 7.16. The number of aliphatic imine (C=N–C) groups is 1. The summed E-state index contributed by atoms with van der Waals surface area (Å²) in [5, 5.41) is 16.6. The van der Waals surface area contributed by atoms with Gasteiger partial charge in [-0.2, -0.15) is 0 Å². The SMILES string of the molecule is CCNC(=NCc1ccc(OC)cc1OC)NCC(O)c1ccc(Cl)s1. The molecule has 3 N–H and O–H groups in total. The Bertz CT molecular complexity index is 736. The molecule has 0 radical (unpaired) electrons. The fraction of sp³-hybridized carbons (Fsp3) is 0.389. The third kappa shape index (κ3) is 5.79. The molecule has 26 heavy (non-hydrogen) atoms. The van der Waals surface area contributed by atoms with E-state index in [1.54, 1.807) is 20.3 Å². The first-order chi connectivity index (χ1) is 12.6. The second-order valence-electron chi connectivity index (χ2n) is 5.41. The number of aliphatic hydroxyl groups excluding tert-OH is 1. The number of methoxy groups -OCH3 is 2. The number of nitrogens with zero attached hydrogens (tertiary/aromatic N) is 1. The second kappa shape index (κ2) is 10.3. The van der Waals surface area contributed by atoms with E-state index >= 15 is 0 Å². The van der Waals surface area contributed by atoms with E-state index in [9.17, 15) is 5.11 Å². The van der Waals surface area contributed by atoms with Crippen LogP contribution in [0.4, 0.5) is 0 Å². The number of nitrogens with one attached hydrogen (secondary N) is 2. The van der Waals surface area contributed by atoms with Crippen LogP contribution in [0.5, 0.6) is 11.5 Å². The lowest BCUT2D eigenvalue weighted by Gasteiger charge is -2.15. The molecule has 0 saturated heterocycles. The summed E-state index contributed by atoms with van der Waals surface area (Å²) in [7, 11) is 3.24. The molecule has 2 rings (SSSR count).